The van der Waals surface area contributed by atoms with Gasteiger partial charge in [-0.05, 0) is 65.2 Å². The van der Waals surface area contributed by atoms with Crippen LogP contribution in [-0.4, -0.2) is 11.0 Å². The molecule has 1 aromatic carbocycles. The summed E-state index contributed by atoms with van der Waals surface area (Å²) in [6, 6.07) is 6.81. The summed E-state index contributed by atoms with van der Waals surface area (Å²) in [5.41, 5.74) is 7.73. The van der Waals surface area contributed by atoms with Crippen molar-refractivity contribution < 1.29 is 0 Å². The highest BCUT2D eigenvalue weighted by Gasteiger charge is 2.39. The van der Waals surface area contributed by atoms with Crippen molar-refractivity contribution in [3.8, 4) is 0 Å². The normalized spacial score (nSPS) is 29.5. The van der Waals surface area contributed by atoms with Gasteiger partial charge in [0.05, 0.1) is 0 Å². The lowest BCUT2D eigenvalue weighted by molar-refractivity contribution is 0.440. The Labute approximate surface area is 121 Å². The number of thiocarbonyl (C=S) groups is 1. The third-order valence-electron chi connectivity index (χ3n) is 4.32. The minimum atomic E-state index is 0.438. The average molecular weight is 325 g/mol. The Morgan fingerprint density at radius 1 is 1.33 bits per heavy atom. The van der Waals surface area contributed by atoms with Crippen molar-refractivity contribution in [3.63, 3.8) is 0 Å². The second kappa shape index (κ2) is 4.82. The van der Waals surface area contributed by atoms with Gasteiger partial charge in [-0.25, -0.2) is 0 Å². The van der Waals surface area contributed by atoms with Crippen LogP contribution in [0.5, 0.6) is 0 Å². The molecule has 0 aromatic heterocycles. The molecule has 0 aliphatic heterocycles. The number of hydrogen-bond acceptors (Lipinski definition) is 2. The van der Waals surface area contributed by atoms with E-state index in [4.69, 9.17) is 18.0 Å². The summed E-state index contributed by atoms with van der Waals surface area (Å²) in [6.45, 7) is 0. The molecule has 1 aromatic rings. The maximum absolute atomic E-state index is 5.66. The first-order chi connectivity index (χ1) is 8.63. The average Bonchev–Trinajstić information content (AvgIpc) is 2.90. The number of anilines is 1. The van der Waals surface area contributed by atoms with Crippen LogP contribution in [0.1, 0.15) is 31.2 Å². The Bertz CT molecular complexity index is 489. The van der Waals surface area contributed by atoms with Gasteiger partial charge in [0.1, 0.15) is 4.99 Å². The Hall–Kier alpha value is -0.610. The molecule has 0 spiro atoms. The summed E-state index contributed by atoms with van der Waals surface area (Å²) in [7, 11) is 0. The Kier molecular flexibility index (Phi) is 3.32. The smallest absolute Gasteiger partial charge is 0.105 e. The zero-order valence-electron chi connectivity index (χ0n) is 10.2. The lowest BCUT2D eigenvalue weighted by Gasteiger charge is -2.24. The number of rotatable bonds is 3. The topological polar surface area (TPSA) is 38.0 Å². The molecule has 18 heavy (non-hydrogen) atoms. The van der Waals surface area contributed by atoms with Crippen LogP contribution in [-0.2, 0) is 0 Å². The highest BCUT2D eigenvalue weighted by molar-refractivity contribution is 9.10. The quantitative estimate of drug-likeness (QED) is 0.833. The molecule has 0 amide bonds. The predicted molar refractivity (Wildman–Crippen MR) is 82.9 cm³/mol. The van der Waals surface area contributed by atoms with Crippen LogP contribution in [0.2, 0.25) is 0 Å². The molecule has 3 atom stereocenters. The largest absolute Gasteiger partial charge is 0.389 e. The summed E-state index contributed by atoms with van der Waals surface area (Å²) in [5.74, 6) is 1.84. The number of halogens is 1. The molecule has 2 aliphatic carbocycles. The monoisotopic (exact) mass is 324 g/mol. The summed E-state index contributed by atoms with van der Waals surface area (Å²) in [4.78, 5) is 0.438. The summed E-state index contributed by atoms with van der Waals surface area (Å²) < 4.78 is 0.975. The highest BCUT2D eigenvalue weighted by atomic mass is 79.9. The van der Waals surface area contributed by atoms with Gasteiger partial charge in [0, 0.05) is 21.8 Å². The van der Waals surface area contributed by atoms with Crippen LogP contribution in [0, 0.1) is 11.8 Å². The first kappa shape index (κ1) is 12.4. The Morgan fingerprint density at radius 2 is 2.17 bits per heavy atom. The van der Waals surface area contributed by atoms with Gasteiger partial charge in [-0.3, -0.25) is 0 Å². The van der Waals surface area contributed by atoms with Crippen molar-refractivity contribution in [1.29, 1.82) is 0 Å². The van der Waals surface area contributed by atoms with Gasteiger partial charge in [0.15, 0.2) is 0 Å². The molecule has 0 heterocycles. The van der Waals surface area contributed by atoms with Crippen molar-refractivity contribution in [2.75, 3.05) is 5.32 Å². The molecule has 2 aliphatic rings. The lowest BCUT2D eigenvalue weighted by atomic mass is 9.95. The maximum atomic E-state index is 5.66. The lowest BCUT2D eigenvalue weighted by Crippen LogP contribution is -2.25. The molecule has 0 radical (unpaired) electrons. The van der Waals surface area contributed by atoms with E-state index in [2.05, 4.69) is 33.4 Å². The Balaban J connectivity index is 1.74. The first-order valence-corrected chi connectivity index (χ1v) is 7.69. The van der Waals surface area contributed by atoms with E-state index >= 15 is 0 Å². The fourth-order valence-electron chi connectivity index (χ4n) is 3.44. The number of hydrogen-bond donors (Lipinski definition) is 2. The molecular formula is C14H17BrN2S. The van der Waals surface area contributed by atoms with Crippen molar-refractivity contribution >= 4 is 38.8 Å². The van der Waals surface area contributed by atoms with Crippen LogP contribution in [0.15, 0.2) is 22.7 Å². The second-order valence-electron chi connectivity index (χ2n) is 5.48. The summed E-state index contributed by atoms with van der Waals surface area (Å²) >= 11 is 8.54. The molecule has 2 fully saturated rings. The van der Waals surface area contributed by atoms with Gasteiger partial charge in [0.25, 0.3) is 0 Å². The number of fused-ring (bicyclic) bond motifs is 2. The molecule has 2 saturated carbocycles. The van der Waals surface area contributed by atoms with E-state index in [0.717, 1.165) is 21.9 Å². The molecule has 3 N–H and O–H groups in total. The van der Waals surface area contributed by atoms with Crippen molar-refractivity contribution in [1.82, 2.24) is 0 Å². The summed E-state index contributed by atoms with van der Waals surface area (Å²) in [5, 5.41) is 3.67. The second-order valence-corrected chi connectivity index (χ2v) is 6.78. The number of benzene rings is 1. The van der Waals surface area contributed by atoms with Gasteiger partial charge >= 0.3 is 0 Å². The molecule has 3 unspecified atom stereocenters. The molecule has 2 nitrogen and oxygen atoms in total. The number of nitrogens with one attached hydrogen (secondary N) is 1. The van der Waals surface area contributed by atoms with Gasteiger partial charge in [0.2, 0.25) is 0 Å². The van der Waals surface area contributed by atoms with E-state index in [-0.39, 0.29) is 0 Å². The minimum Gasteiger partial charge on any atom is -0.389 e. The highest BCUT2D eigenvalue weighted by Crippen LogP contribution is 2.45. The van der Waals surface area contributed by atoms with E-state index in [1.165, 1.54) is 31.4 Å². The van der Waals surface area contributed by atoms with E-state index in [1.54, 1.807) is 0 Å². The molecule has 4 heteroatoms. The minimum absolute atomic E-state index is 0.438. The third-order valence-corrected chi connectivity index (χ3v) is 5.20. The fourth-order valence-corrected chi connectivity index (χ4v) is 4.34. The van der Waals surface area contributed by atoms with Crippen molar-refractivity contribution in [2.45, 2.75) is 31.7 Å². The van der Waals surface area contributed by atoms with E-state index in [1.807, 2.05) is 6.07 Å². The summed E-state index contributed by atoms with van der Waals surface area (Å²) in [6.07, 6.45) is 5.59. The Morgan fingerprint density at radius 3 is 2.72 bits per heavy atom. The van der Waals surface area contributed by atoms with Crippen molar-refractivity contribution in [3.05, 3.63) is 28.2 Å². The van der Waals surface area contributed by atoms with Gasteiger partial charge in [-0.2, -0.15) is 0 Å². The van der Waals surface area contributed by atoms with Crippen LogP contribution < -0.4 is 11.1 Å². The molecule has 96 valence electrons. The fraction of sp³-hybridized carbons (Fsp3) is 0.500. The molecule has 3 rings (SSSR count). The number of nitrogens with two attached hydrogens (primary N) is 1. The SMILES string of the molecule is NC(=S)c1ccc(NC2CC3CCC2C3)cc1Br. The van der Waals surface area contributed by atoms with Crippen LogP contribution in [0.3, 0.4) is 0 Å². The first-order valence-electron chi connectivity index (χ1n) is 6.49. The van der Waals surface area contributed by atoms with Crippen LogP contribution in [0.4, 0.5) is 5.69 Å². The van der Waals surface area contributed by atoms with Gasteiger partial charge in [-0.1, -0.05) is 18.6 Å². The van der Waals surface area contributed by atoms with Crippen molar-refractivity contribution in [2.24, 2.45) is 17.6 Å². The van der Waals surface area contributed by atoms with E-state index in [0.29, 0.717) is 11.0 Å². The molecule has 2 bridgehead atoms. The standard InChI is InChI=1S/C14H17BrN2S/c15-12-7-10(3-4-11(12)14(16)18)17-13-6-8-1-2-9(13)5-8/h3-4,7-9,13,17H,1-2,5-6H2,(H2,16,18). The zero-order valence-corrected chi connectivity index (χ0v) is 12.6. The van der Waals surface area contributed by atoms with Gasteiger partial charge in [-0.15, -0.1) is 0 Å². The molecule has 0 saturated heterocycles. The van der Waals surface area contributed by atoms with Crippen LogP contribution in [0.25, 0.3) is 0 Å². The van der Waals surface area contributed by atoms with E-state index < -0.39 is 0 Å². The zero-order chi connectivity index (χ0) is 12.7. The van der Waals surface area contributed by atoms with Crippen LogP contribution >= 0.6 is 28.1 Å². The maximum Gasteiger partial charge on any atom is 0.105 e. The third kappa shape index (κ3) is 2.28. The van der Waals surface area contributed by atoms with E-state index in [9.17, 15) is 0 Å². The predicted octanol–water partition coefficient (Wildman–Crippen LogP) is 3.68. The van der Waals surface area contributed by atoms with Gasteiger partial charge < -0.3 is 11.1 Å². The molecular weight excluding hydrogens is 308 g/mol.